The molecule has 0 bridgehead atoms. The van der Waals surface area contributed by atoms with Gasteiger partial charge < -0.3 is 5.11 Å². The zero-order chi connectivity index (χ0) is 18.6. The number of nitrogens with zero attached hydrogens (tertiary/aromatic N) is 2. The molecular formula is C18H14BrClN2O4. The number of benzene rings is 2. The molecule has 2 saturated heterocycles. The molecule has 4 rings (SSSR count). The summed E-state index contributed by atoms with van der Waals surface area (Å²) in [7, 11) is 1.44. The first-order valence-corrected chi connectivity index (χ1v) is 9.07. The summed E-state index contributed by atoms with van der Waals surface area (Å²) in [6.07, 6.45) is -0.924. The van der Waals surface area contributed by atoms with Gasteiger partial charge in [0.15, 0.2) is 6.10 Å². The highest BCUT2D eigenvalue weighted by molar-refractivity contribution is 9.10. The second kappa shape index (κ2) is 6.26. The van der Waals surface area contributed by atoms with E-state index in [1.165, 1.54) is 18.2 Å². The minimum Gasteiger partial charge on any atom is -0.508 e. The summed E-state index contributed by atoms with van der Waals surface area (Å²) in [6, 6.07) is 11.2. The number of phenolic OH excluding ortho intramolecular Hbond substituents is 1. The van der Waals surface area contributed by atoms with Crippen LogP contribution in [0.1, 0.15) is 11.6 Å². The van der Waals surface area contributed by atoms with Gasteiger partial charge in [0.2, 0.25) is 5.91 Å². The first-order valence-electron chi connectivity index (χ1n) is 7.90. The molecule has 0 aliphatic carbocycles. The van der Waals surface area contributed by atoms with E-state index < -0.39 is 24.0 Å². The Bertz CT molecular complexity index is 905. The van der Waals surface area contributed by atoms with Crippen LogP contribution in [0.25, 0.3) is 0 Å². The molecule has 0 radical (unpaired) electrons. The van der Waals surface area contributed by atoms with Gasteiger partial charge in [-0.15, -0.1) is 0 Å². The van der Waals surface area contributed by atoms with Crippen molar-refractivity contribution in [2.24, 2.45) is 5.92 Å². The summed E-state index contributed by atoms with van der Waals surface area (Å²) >= 11 is 9.35. The Hall–Kier alpha value is -2.09. The van der Waals surface area contributed by atoms with Gasteiger partial charge in [-0.25, -0.2) is 5.06 Å². The summed E-state index contributed by atoms with van der Waals surface area (Å²) in [5.41, 5.74) is 1.13. The van der Waals surface area contributed by atoms with Crippen LogP contribution in [0, 0.1) is 5.92 Å². The number of aromatic hydroxyl groups is 1. The largest absolute Gasteiger partial charge is 0.508 e. The molecule has 2 aliphatic rings. The Labute approximate surface area is 163 Å². The fraction of sp³-hybridized carbons (Fsp3) is 0.222. The molecule has 8 heteroatoms. The van der Waals surface area contributed by atoms with E-state index in [4.69, 9.17) is 16.4 Å². The number of hydrogen-bond acceptors (Lipinski definition) is 5. The van der Waals surface area contributed by atoms with E-state index in [0.717, 1.165) is 9.37 Å². The number of carbonyl (C=O) groups is 2. The quantitative estimate of drug-likeness (QED) is 0.730. The maximum absolute atomic E-state index is 12.7. The number of likely N-dealkylation sites (tertiary alicyclic amines) is 1. The molecule has 2 aromatic rings. The minimum absolute atomic E-state index is 0.0243. The van der Waals surface area contributed by atoms with E-state index in [1.54, 1.807) is 36.4 Å². The minimum atomic E-state index is -0.924. The number of phenols is 1. The Balaban J connectivity index is 1.86. The molecular weight excluding hydrogens is 424 g/mol. The lowest BCUT2D eigenvalue weighted by molar-refractivity contribution is -0.141. The van der Waals surface area contributed by atoms with Crippen LogP contribution in [-0.4, -0.2) is 35.0 Å². The maximum atomic E-state index is 12.7. The van der Waals surface area contributed by atoms with Gasteiger partial charge in [0.05, 0.1) is 11.7 Å². The van der Waals surface area contributed by atoms with Gasteiger partial charge in [0.25, 0.3) is 5.91 Å². The van der Waals surface area contributed by atoms with Crippen molar-refractivity contribution in [2.45, 2.75) is 12.1 Å². The number of imide groups is 1. The van der Waals surface area contributed by atoms with Crippen molar-refractivity contribution in [2.75, 3.05) is 12.1 Å². The third kappa shape index (κ3) is 2.58. The summed E-state index contributed by atoms with van der Waals surface area (Å²) in [5.74, 6) is -1.45. The molecule has 1 N–H and O–H groups in total. The summed E-state index contributed by atoms with van der Waals surface area (Å²) in [5, 5.41) is 12.5. The van der Waals surface area contributed by atoms with Crippen LogP contribution >= 0.6 is 27.5 Å². The zero-order valence-corrected chi connectivity index (χ0v) is 15.9. The number of hydrogen-bond donors (Lipinski definition) is 1. The molecule has 134 valence electrons. The Morgan fingerprint density at radius 3 is 2.50 bits per heavy atom. The Morgan fingerprint density at radius 2 is 1.81 bits per heavy atom. The summed E-state index contributed by atoms with van der Waals surface area (Å²) < 4.78 is 0.745. The first kappa shape index (κ1) is 17.3. The van der Waals surface area contributed by atoms with E-state index in [1.807, 2.05) is 0 Å². The molecule has 6 nitrogen and oxygen atoms in total. The van der Waals surface area contributed by atoms with Crippen LogP contribution in [0.15, 0.2) is 46.9 Å². The fourth-order valence-corrected chi connectivity index (χ4v) is 3.95. The summed E-state index contributed by atoms with van der Waals surface area (Å²) in [6.45, 7) is 0. The average molecular weight is 438 g/mol. The SMILES string of the molecule is CN1C(=O)C2ON(c3ccc(Cl)cc3)C(c3cc(Br)ccc3O)C2C1=O. The van der Waals surface area contributed by atoms with Crippen LogP contribution in [0.3, 0.4) is 0 Å². The van der Waals surface area contributed by atoms with Gasteiger partial charge in [-0.1, -0.05) is 27.5 Å². The van der Waals surface area contributed by atoms with Crippen LogP contribution < -0.4 is 5.06 Å². The molecule has 2 fully saturated rings. The highest BCUT2D eigenvalue weighted by atomic mass is 79.9. The van der Waals surface area contributed by atoms with Crippen LogP contribution in [0.2, 0.25) is 5.02 Å². The lowest BCUT2D eigenvalue weighted by Crippen LogP contribution is -2.34. The van der Waals surface area contributed by atoms with E-state index >= 15 is 0 Å². The molecule has 3 atom stereocenters. The second-order valence-electron chi connectivity index (χ2n) is 6.24. The Kier molecular flexibility index (Phi) is 4.17. The number of carbonyl (C=O) groups excluding carboxylic acids is 2. The number of halogens is 2. The molecule has 26 heavy (non-hydrogen) atoms. The van der Waals surface area contributed by atoms with Gasteiger partial charge in [0.1, 0.15) is 11.7 Å². The first-order chi connectivity index (χ1) is 12.4. The van der Waals surface area contributed by atoms with Crippen molar-refractivity contribution in [1.82, 2.24) is 4.90 Å². The van der Waals surface area contributed by atoms with Gasteiger partial charge in [0, 0.05) is 22.1 Å². The third-order valence-electron chi connectivity index (χ3n) is 4.73. The fourth-order valence-electron chi connectivity index (χ4n) is 3.44. The predicted molar refractivity (Wildman–Crippen MR) is 98.6 cm³/mol. The van der Waals surface area contributed by atoms with Gasteiger partial charge in [-0.05, 0) is 42.5 Å². The highest BCUT2D eigenvalue weighted by Crippen LogP contribution is 2.48. The van der Waals surface area contributed by atoms with Crippen molar-refractivity contribution in [1.29, 1.82) is 0 Å². The standard InChI is InChI=1S/C18H14BrClN2O4/c1-21-17(24)14-15(12-8-9(19)2-7-13(12)23)22(26-16(14)18(21)25)11-5-3-10(20)4-6-11/h2-8,14-16,23H,1H3. The molecule has 2 amide bonds. The van der Waals surface area contributed by atoms with E-state index in [0.29, 0.717) is 16.3 Å². The molecule has 2 aromatic carbocycles. The molecule has 3 unspecified atom stereocenters. The normalized spacial score (nSPS) is 25.1. The zero-order valence-electron chi connectivity index (χ0n) is 13.6. The van der Waals surface area contributed by atoms with Crippen molar-refractivity contribution in [3.63, 3.8) is 0 Å². The highest BCUT2D eigenvalue weighted by Gasteiger charge is 2.59. The second-order valence-corrected chi connectivity index (χ2v) is 7.59. The van der Waals surface area contributed by atoms with Crippen molar-refractivity contribution < 1.29 is 19.5 Å². The van der Waals surface area contributed by atoms with E-state index in [2.05, 4.69) is 15.9 Å². The number of likely N-dealkylation sites (N-methyl/N-ethyl adjacent to an activating group) is 1. The predicted octanol–water partition coefficient (Wildman–Crippen LogP) is 3.28. The number of fused-ring (bicyclic) bond motifs is 1. The molecule has 0 spiro atoms. The van der Waals surface area contributed by atoms with Crippen LogP contribution in [0.4, 0.5) is 5.69 Å². The molecule has 0 saturated carbocycles. The lowest BCUT2D eigenvalue weighted by atomic mass is 9.90. The Morgan fingerprint density at radius 1 is 1.12 bits per heavy atom. The van der Waals surface area contributed by atoms with Crippen LogP contribution in [0.5, 0.6) is 5.75 Å². The molecule has 2 aliphatic heterocycles. The monoisotopic (exact) mass is 436 g/mol. The molecule has 2 heterocycles. The smallest absolute Gasteiger partial charge is 0.261 e. The van der Waals surface area contributed by atoms with Crippen molar-refractivity contribution >= 4 is 45.0 Å². The molecule has 0 aromatic heterocycles. The average Bonchev–Trinajstić information content (AvgIpc) is 3.10. The van der Waals surface area contributed by atoms with Crippen LogP contribution in [-0.2, 0) is 14.4 Å². The van der Waals surface area contributed by atoms with Crippen molar-refractivity contribution in [3.05, 3.63) is 57.5 Å². The van der Waals surface area contributed by atoms with Gasteiger partial charge in [-0.3, -0.25) is 19.3 Å². The third-order valence-corrected chi connectivity index (χ3v) is 5.47. The maximum Gasteiger partial charge on any atom is 0.261 e. The number of rotatable bonds is 2. The van der Waals surface area contributed by atoms with Gasteiger partial charge >= 0.3 is 0 Å². The number of anilines is 1. The van der Waals surface area contributed by atoms with Gasteiger partial charge in [-0.2, -0.15) is 0 Å². The summed E-state index contributed by atoms with van der Waals surface area (Å²) in [4.78, 5) is 32.1. The van der Waals surface area contributed by atoms with E-state index in [-0.39, 0.29) is 11.7 Å². The topological polar surface area (TPSA) is 70.1 Å². The number of hydroxylamine groups is 1. The number of amides is 2. The lowest BCUT2D eigenvalue weighted by Gasteiger charge is -2.28. The van der Waals surface area contributed by atoms with Crippen molar-refractivity contribution in [3.8, 4) is 5.75 Å². The van der Waals surface area contributed by atoms with E-state index in [9.17, 15) is 14.7 Å².